The van der Waals surface area contributed by atoms with Gasteiger partial charge in [-0.05, 0) is 35.8 Å². The molecule has 2 nitrogen and oxygen atoms in total. The number of hydrogen-bond donors (Lipinski definition) is 0. The fraction of sp³-hybridized carbons (Fsp3) is 0.375. The quantitative estimate of drug-likeness (QED) is 0.742. The van der Waals surface area contributed by atoms with Crippen LogP contribution in [-0.4, -0.2) is 12.3 Å². The van der Waals surface area contributed by atoms with Crippen LogP contribution >= 0.6 is 11.6 Å². The molecule has 0 atom stereocenters. The predicted octanol–water partition coefficient (Wildman–Crippen LogP) is 4.49. The molecule has 1 aliphatic heterocycles. The first kappa shape index (κ1) is 13.8. The van der Waals surface area contributed by atoms with Crippen molar-refractivity contribution >= 4 is 22.9 Å². The second kappa shape index (κ2) is 5.19. The first-order valence-corrected chi connectivity index (χ1v) is 6.75. The van der Waals surface area contributed by atoms with Gasteiger partial charge in [-0.25, -0.2) is 0 Å². The van der Waals surface area contributed by atoms with Crippen molar-refractivity contribution in [3.05, 3.63) is 40.4 Å². The molecule has 0 saturated carbocycles. The molecule has 1 aromatic carbocycles. The van der Waals surface area contributed by atoms with Gasteiger partial charge in [-0.3, -0.25) is 4.99 Å². The van der Waals surface area contributed by atoms with Gasteiger partial charge < -0.3 is 0 Å². The highest BCUT2D eigenvalue weighted by molar-refractivity contribution is 6.30. The van der Waals surface area contributed by atoms with Crippen LogP contribution in [0, 0.1) is 16.7 Å². The van der Waals surface area contributed by atoms with Gasteiger partial charge >= 0.3 is 0 Å². The zero-order valence-electron chi connectivity index (χ0n) is 11.5. The molecule has 0 bridgehead atoms. The minimum Gasteiger partial charge on any atom is -0.289 e. The van der Waals surface area contributed by atoms with E-state index in [9.17, 15) is 5.26 Å². The number of nitrogens with zero attached hydrogens (tertiary/aromatic N) is 2. The standard InChI is InChI=1S/C16H17ClN2/c1-16(2,3)15-9-11(6-7-19-15)14-5-4-13(17)8-12(14)10-18/h4-5,8-9H,6-7H2,1-3H3. The first-order chi connectivity index (χ1) is 8.91. The molecule has 0 N–H and O–H groups in total. The SMILES string of the molecule is CC(C)(C)C1=NCCC(c2ccc(Cl)cc2C#N)=C1. The number of rotatable bonds is 1. The van der Waals surface area contributed by atoms with E-state index in [1.807, 2.05) is 12.1 Å². The number of allylic oxidation sites excluding steroid dienone is 1. The third-order valence-electron chi connectivity index (χ3n) is 3.19. The van der Waals surface area contributed by atoms with Gasteiger partial charge in [0.25, 0.3) is 0 Å². The summed E-state index contributed by atoms with van der Waals surface area (Å²) < 4.78 is 0. The highest BCUT2D eigenvalue weighted by Crippen LogP contribution is 2.30. The Morgan fingerprint density at radius 1 is 1.32 bits per heavy atom. The van der Waals surface area contributed by atoms with Crippen molar-refractivity contribution in [3.63, 3.8) is 0 Å². The highest BCUT2D eigenvalue weighted by atomic mass is 35.5. The fourth-order valence-corrected chi connectivity index (χ4v) is 2.31. The van der Waals surface area contributed by atoms with E-state index in [1.54, 1.807) is 6.07 Å². The molecule has 0 amide bonds. The van der Waals surface area contributed by atoms with E-state index in [4.69, 9.17) is 11.6 Å². The van der Waals surface area contributed by atoms with Crippen LogP contribution in [0.1, 0.15) is 38.3 Å². The third kappa shape index (κ3) is 3.05. The molecule has 1 heterocycles. The van der Waals surface area contributed by atoms with E-state index in [0.29, 0.717) is 10.6 Å². The number of aliphatic imine (C=N–C) groups is 1. The normalized spacial score (nSPS) is 15.5. The van der Waals surface area contributed by atoms with Gasteiger partial charge in [0.15, 0.2) is 0 Å². The Hall–Kier alpha value is -1.59. The van der Waals surface area contributed by atoms with Gasteiger partial charge in [-0.15, -0.1) is 0 Å². The van der Waals surface area contributed by atoms with E-state index >= 15 is 0 Å². The molecule has 98 valence electrons. The van der Waals surface area contributed by atoms with Crippen LogP contribution in [0.2, 0.25) is 5.02 Å². The number of benzene rings is 1. The van der Waals surface area contributed by atoms with Crippen molar-refractivity contribution in [2.24, 2.45) is 10.4 Å². The maximum Gasteiger partial charge on any atom is 0.0998 e. The highest BCUT2D eigenvalue weighted by Gasteiger charge is 2.21. The van der Waals surface area contributed by atoms with Gasteiger partial charge in [0.05, 0.1) is 11.6 Å². The Kier molecular flexibility index (Phi) is 3.78. The lowest BCUT2D eigenvalue weighted by Gasteiger charge is -2.24. The van der Waals surface area contributed by atoms with E-state index < -0.39 is 0 Å². The second-order valence-electron chi connectivity index (χ2n) is 5.74. The van der Waals surface area contributed by atoms with Crippen molar-refractivity contribution in [2.45, 2.75) is 27.2 Å². The fourth-order valence-electron chi connectivity index (χ4n) is 2.13. The number of hydrogen-bond acceptors (Lipinski definition) is 2. The van der Waals surface area contributed by atoms with E-state index in [1.165, 1.54) is 5.57 Å². The van der Waals surface area contributed by atoms with Crippen LogP contribution in [0.5, 0.6) is 0 Å². The number of nitriles is 1. The zero-order chi connectivity index (χ0) is 14.0. The molecule has 0 radical (unpaired) electrons. The minimum atomic E-state index is 0.0326. The summed E-state index contributed by atoms with van der Waals surface area (Å²) in [4.78, 5) is 4.58. The molecule has 1 aliphatic rings. The summed E-state index contributed by atoms with van der Waals surface area (Å²) >= 11 is 5.94. The van der Waals surface area contributed by atoms with E-state index in [2.05, 4.69) is 37.9 Å². The zero-order valence-corrected chi connectivity index (χ0v) is 12.3. The van der Waals surface area contributed by atoms with Gasteiger partial charge in [-0.2, -0.15) is 5.26 Å². The number of dihydropyridines is 1. The molecule has 0 aliphatic carbocycles. The van der Waals surface area contributed by atoms with Crippen LogP contribution in [0.25, 0.3) is 5.57 Å². The van der Waals surface area contributed by atoms with Crippen LogP contribution in [0.15, 0.2) is 29.3 Å². The van der Waals surface area contributed by atoms with Crippen molar-refractivity contribution in [1.82, 2.24) is 0 Å². The van der Waals surface area contributed by atoms with Crippen molar-refractivity contribution in [1.29, 1.82) is 5.26 Å². The Bertz CT molecular complexity index is 598. The summed E-state index contributed by atoms with van der Waals surface area (Å²) in [5.74, 6) is 0. The van der Waals surface area contributed by atoms with Crippen molar-refractivity contribution in [3.8, 4) is 6.07 Å². The summed E-state index contributed by atoms with van der Waals surface area (Å²) in [7, 11) is 0. The predicted molar refractivity (Wildman–Crippen MR) is 80.5 cm³/mol. The van der Waals surface area contributed by atoms with Gasteiger partial charge in [0, 0.05) is 22.7 Å². The van der Waals surface area contributed by atoms with Crippen LogP contribution in [0.3, 0.4) is 0 Å². The Balaban J connectivity index is 2.46. The lowest BCUT2D eigenvalue weighted by atomic mass is 9.85. The molecule has 19 heavy (non-hydrogen) atoms. The molecule has 0 saturated heterocycles. The monoisotopic (exact) mass is 272 g/mol. The molecule has 0 aromatic heterocycles. The summed E-state index contributed by atoms with van der Waals surface area (Å²) in [5, 5.41) is 9.83. The lowest BCUT2D eigenvalue weighted by molar-refractivity contribution is 0.589. The smallest absolute Gasteiger partial charge is 0.0998 e. The molecule has 3 heteroatoms. The van der Waals surface area contributed by atoms with Gasteiger partial charge in [0.1, 0.15) is 0 Å². The van der Waals surface area contributed by atoms with Crippen LogP contribution < -0.4 is 0 Å². The van der Waals surface area contributed by atoms with Gasteiger partial charge in [-0.1, -0.05) is 38.4 Å². The minimum absolute atomic E-state index is 0.0326. The summed E-state index contributed by atoms with van der Waals surface area (Å²) in [6.45, 7) is 7.24. The molecular weight excluding hydrogens is 256 g/mol. The van der Waals surface area contributed by atoms with Crippen LogP contribution in [-0.2, 0) is 0 Å². The third-order valence-corrected chi connectivity index (χ3v) is 3.43. The second-order valence-corrected chi connectivity index (χ2v) is 6.17. The maximum atomic E-state index is 9.23. The summed E-state index contributed by atoms with van der Waals surface area (Å²) in [6, 6.07) is 7.71. The molecular formula is C16H17ClN2. The average molecular weight is 273 g/mol. The summed E-state index contributed by atoms with van der Waals surface area (Å²) in [6.07, 6.45) is 2.99. The van der Waals surface area contributed by atoms with Crippen molar-refractivity contribution < 1.29 is 0 Å². The lowest BCUT2D eigenvalue weighted by Crippen LogP contribution is -2.21. The molecule has 0 unspecified atom stereocenters. The van der Waals surface area contributed by atoms with E-state index in [0.717, 1.165) is 24.2 Å². The Labute approximate surface area is 119 Å². The van der Waals surface area contributed by atoms with E-state index in [-0.39, 0.29) is 5.41 Å². The Morgan fingerprint density at radius 2 is 2.05 bits per heavy atom. The van der Waals surface area contributed by atoms with Crippen LogP contribution in [0.4, 0.5) is 0 Å². The topological polar surface area (TPSA) is 36.1 Å². The summed E-state index contributed by atoms with van der Waals surface area (Å²) in [5.41, 5.74) is 3.91. The number of halogens is 1. The molecule has 1 aromatic rings. The first-order valence-electron chi connectivity index (χ1n) is 6.37. The largest absolute Gasteiger partial charge is 0.289 e. The molecule has 0 fully saturated rings. The Morgan fingerprint density at radius 3 is 2.68 bits per heavy atom. The molecule has 2 rings (SSSR count). The molecule has 0 spiro atoms. The van der Waals surface area contributed by atoms with Gasteiger partial charge in [0.2, 0.25) is 0 Å². The van der Waals surface area contributed by atoms with Crippen molar-refractivity contribution in [2.75, 3.05) is 6.54 Å². The maximum absolute atomic E-state index is 9.23. The average Bonchev–Trinajstić information content (AvgIpc) is 2.37.